The number of carbonyl (C=O) groups is 3. The molecule has 2 aromatic rings. The third-order valence-electron chi connectivity index (χ3n) is 4.70. The van der Waals surface area contributed by atoms with Crippen LogP contribution in [-0.4, -0.2) is 49.3 Å². The molecule has 172 valence electrons. The molecule has 2 aromatic carbocycles. The van der Waals surface area contributed by atoms with Gasteiger partial charge < -0.3 is 25.3 Å². The second-order valence-corrected chi connectivity index (χ2v) is 8.10. The molecule has 2 amide bonds. The van der Waals surface area contributed by atoms with Crippen LogP contribution in [-0.2, 0) is 9.59 Å². The minimum atomic E-state index is -0.605. The number of nitrogens with one attached hydrogen (secondary N) is 1. The first-order valence-corrected chi connectivity index (χ1v) is 10.7. The molecule has 0 saturated carbocycles. The molecule has 0 bridgehead atoms. The number of hydrogen-bond donors (Lipinski definition) is 2. The van der Waals surface area contributed by atoms with Gasteiger partial charge in [-0.25, -0.2) is 0 Å². The zero-order valence-corrected chi connectivity index (χ0v) is 19.1. The van der Waals surface area contributed by atoms with Crippen molar-refractivity contribution < 1.29 is 28.6 Å². The van der Waals surface area contributed by atoms with Crippen LogP contribution in [0.3, 0.4) is 0 Å². The van der Waals surface area contributed by atoms with Crippen molar-refractivity contribution in [2.75, 3.05) is 26.6 Å². The molecular formula is C23H23N3O6S. The summed E-state index contributed by atoms with van der Waals surface area (Å²) in [6.07, 6.45) is 3.04. The van der Waals surface area contributed by atoms with Crippen molar-refractivity contribution in [2.45, 2.75) is 11.7 Å². The highest BCUT2D eigenvalue weighted by atomic mass is 32.2. The highest BCUT2D eigenvalue weighted by Gasteiger charge is 2.29. The largest absolute Gasteiger partial charge is 0.493 e. The highest BCUT2D eigenvalue weighted by Crippen LogP contribution is 2.38. The van der Waals surface area contributed by atoms with E-state index < -0.39 is 11.2 Å². The maximum Gasteiger partial charge on any atom is 0.262 e. The Morgan fingerprint density at radius 3 is 2.24 bits per heavy atom. The first kappa shape index (κ1) is 23.9. The second kappa shape index (κ2) is 10.7. The van der Waals surface area contributed by atoms with Crippen molar-refractivity contribution in [3.63, 3.8) is 0 Å². The Morgan fingerprint density at radius 1 is 1.09 bits per heavy atom. The van der Waals surface area contributed by atoms with E-state index in [-0.39, 0.29) is 23.3 Å². The highest BCUT2D eigenvalue weighted by molar-refractivity contribution is 8.15. The van der Waals surface area contributed by atoms with E-state index in [0.29, 0.717) is 34.1 Å². The molecule has 1 atom stereocenters. The molecular weight excluding hydrogens is 446 g/mol. The fraction of sp³-hybridized carbons (Fsp3) is 0.217. The smallest absolute Gasteiger partial charge is 0.262 e. The molecule has 1 heterocycles. The summed E-state index contributed by atoms with van der Waals surface area (Å²) in [6.45, 7) is 0. The number of hydrogen-bond acceptors (Lipinski definition) is 8. The van der Waals surface area contributed by atoms with Crippen molar-refractivity contribution >= 4 is 46.3 Å². The summed E-state index contributed by atoms with van der Waals surface area (Å²) >= 11 is 1.07. The van der Waals surface area contributed by atoms with Crippen LogP contribution in [0.4, 0.5) is 5.69 Å². The molecule has 1 unspecified atom stereocenters. The van der Waals surface area contributed by atoms with Gasteiger partial charge in [0.15, 0.2) is 22.4 Å². The van der Waals surface area contributed by atoms with Crippen LogP contribution < -0.4 is 25.3 Å². The third kappa shape index (κ3) is 5.92. The van der Waals surface area contributed by atoms with Gasteiger partial charge >= 0.3 is 0 Å². The molecule has 0 saturated heterocycles. The van der Waals surface area contributed by atoms with Gasteiger partial charge in [0.1, 0.15) is 5.25 Å². The standard InChI is InChI=1S/C23H23N3O6S/c1-30-17-10-13(11-18(31-2)21(17)32-3)4-9-16(27)14-5-7-15(8-6-14)25-20(28)12-19-22(29)26-23(24)33-19/h4-11,19H,12H2,1-3H3,(H,25,28)(H2,24,26,29)/b9-4+. The molecule has 33 heavy (non-hydrogen) atoms. The van der Waals surface area contributed by atoms with Crippen LogP contribution >= 0.6 is 11.8 Å². The molecule has 9 nitrogen and oxygen atoms in total. The molecule has 1 aliphatic rings. The summed E-state index contributed by atoms with van der Waals surface area (Å²) in [6, 6.07) is 9.91. The van der Waals surface area contributed by atoms with Crippen LogP contribution in [0.25, 0.3) is 6.08 Å². The lowest BCUT2D eigenvalue weighted by Crippen LogP contribution is -2.21. The predicted molar refractivity (Wildman–Crippen MR) is 127 cm³/mol. The maximum atomic E-state index is 12.6. The molecule has 0 spiro atoms. The van der Waals surface area contributed by atoms with Gasteiger partial charge in [-0.2, -0.15) is 4.99 Å². The summed E-state index contributed by atoms with van der Waals surface area (Å²) in [5.41, 5.74) is 7.15. The average molecular weight is 470 g/mol. The lowest BCUT2D eigenvalue weighted by molar-refractivity contribution is -0.121. The SMILES string of the molecule is COc1cc(/C=C/C(=O)c2ccc(NC(=O)CC3SC(N)=NC3=O)cc2)cc(OC)c1OC. The van der Waals surface area contributed by atoms with E-state index in [2.05, 4.69) is 10.3 Å². The first-order valence-electron chi connectivity index (χ1n) is 9.81. The van der Waals surface area contributed by atoms with Crippen LogP contribution in [0.5, 0.6) is 17.2 Å². The number of allylic oxidation sites excluding steroid dienone is 1. The Morgan fingerprint density at radius 2 is 1.73 bits per heavy atom. The number of amides is 2. The molecule has 3 rings (SSSR count). The Labute approximate surface area is 195 Å². The molecule has 1 aliphatic heterocycles. The van der Waals surface area contributed by atoms with E-state index in [4.69, 9.17) is 19.9 Å². The van der Waals surface area contributed by atoms with Crippen molar-refractivity contribution in [1.82, 2.24) is 0 Å². The Bertz CT molecular complexity index is 1100. The van der Waals surface area contributed by atoms with E-state index in [9.17, 15) is 14.4 Å². The van der Waals surface area contributed by atoms with Crippen molar-refractivity contribution in [3.8, 4) is 17.2 Å². The van der Waals surface area contributed by atoms with E-state index in [1.165, 1.54) is 27.4 Å². The van der Waals surface area contributed by atoms with Crippen molar-refractivity contribution in [3.05, 3.63) is 53.6 Å². The number of methoxy groups -OCH3 is 3. The Kier molecular flexibility index (Phi) is 7.73. The number of thioether (sulfide) groups is 1. The number of ether oxygens (including phenoxy) is 3. The molecule has 0 radical (unpaired) electrons. The zero-order valence-electron chi connectivity index (χ0n) is 18.3. The summed E-state index contributed by atoms with van der Waals surface area (Å²) in [5, 5.41) is 2.26. The molecule has 0 aromatic heterocycles. The zero-order chi connectivity index (χ0) is 24.0. The van der Waals surface area contributed by atoms with E-state index in [0.717, 1.165) is 11.8 Å². The number of amidine groups is 1. The normalized spacial score (nSPS) is 15.3. The number of carbonyl (C=O) groups excluding carboxylic acids is 3. The molecule has 3 N–H and O–H groups in total. The third-order valence-corrected chi connectivity index (χ3v) is 5.68. The monoisotopic (exact) mass is 469 g/mol. The van der Waals surface area contributed by atoms with Gasteiger partial charge in [-0.3, -0.25) is 14.4 Å². The van der Waals surface area contributed by atoms with Crippen LogP contribution in [0.2, 0.25) is 0 Å². The van der Waals surface area contributed by atoms with Gasteiger partial charge in [-0.1, -0.05) is 17.8 Å². The summed E-state index contributed by atoms with van der Waals surface area (Å²) in [5.74, 6) is 0.460. The summed E-state index contributed by atoms with van der Waals surface area (Å²) < 4.78 is 15.9. The van der Waals surface area contributed by atoms with E-state index in [1.54, 1.807) is 42.5 Å². The van der Waals surface area contributed by atoms with Gasteiger partial charge in [-0.05, 0) is 48.0 Å². The van der Waals surface area contributed by atoms with Gasteiger partial charge in [0.05, 0.1) is 21.3 Å². The number of rotatable bonds is 9. The fourth-order valence-corrected chi connectivity index (χ4v) is 3.92. The topological polar surface area (TPSA) is 129 Å². The Hall–Kier alpha value is -3.79. The number of ketones is 1. The minimum absolute atomic E-state index is 0.0358. The number of nitrogens with two attached hydrogens (primary N) is 1. The van der Waals surface area contributed by atoms with Gasteiger partial charge in [0.2, 0.25) is 11.7 Å². The van der Waals surface area contributed by atoms with Crippen molar-refractivity contribution in [1.29, 1.82) is 0 Å². The predicted octanol–water partition coefficient (Wildman–Crippen LogP) is 2.89. The fourth-order valence-electron chi connectivity index (χ4n) is 3.10. The number of benzene rings is 2. The summed E-state index contributed by atoms with van der Waals surface area (Å²) in [7, 11) is 4.55. The molecule has 0 aliphatic carbocycles. The average Bonchev–Trinajstić information content (AvgIpc) is 3.13. The van der Waals surface area contributed by atoms with Crippen molar-refractivity contribution in [2.24, 2.45) is 10.7 Å². The quantitative estimate of drug-likeness (QED) is 0.424. The lowest BCUT2D eigenvalue weighted by Gasteiger charge is -2.12. The maximum absolute atomic E-state index is 12.6. The second-order valence-electron chi connectivity index (χ2n) is 6.88. The minimum Gasteiger partial charge on any atom is -0.493 e. The van der Waals surface area contributed by atoms with Crippen LogP contribution in [0.1, 0.15) is 22.3 Å². The number of anilines is 1. The Balaban J connectivity index is 1.63. The van der Waals surface area contributed by atoms with E-state index in [1.807, 2.05) is 0 Å². The van der Waals surface area contributed by atoms with Crippen LogP contribution in [0.15, 0.2) is 47.5 Å². The van der Waals surface area contributed by atoms with E-state index >= 15 is 0 Å². The van der Waals surface area contributed by atoms with Crippen LogP contribution in [0, 0.1) is 0 Å². The van der Waals surface area contributed by atoms with Gasteiger partial charge in [-0.15, -0.1) is 0 Å². The lowest BCUT2D eigenvalue weighted by atomic mass is 10.1. The molecule has 10 heteroatoms. The number of nitrogens with zero attached hydrogens (tertiary/aromatic N) is 1. The van der Waals surface area contributed by atoms with Gasteiger partial charge in [0, 0.05) is 17.7 Å². The van der Waals surface area contributed by atoms with Gasteiger partial charge in [0.25, 0.3) is 5.91 Å². The first-order chi connectivity index (χ1) is 15.8. The summed E-state index contributed by atoms with van der Waals surface area (Å²) in [4.78, 5) is 40.0. The number of aliphatic imine (C=N–C) groups is 1. The molecule has 0 fully saturated rings.